The van der Waals surface area contributed by atoms with Crippen molar-refractivity contribution < 1.29 is 5.11 Å². The maximum Gasteiger partial charge on any atom is 0.0499 e. The molecule has 0 spiro atoms. The van der Waals surface area contributed by atoms with Crippen molar-refractivity contribution in [2.24, 2.45) is 11.3 Å². The van der Waals surface area contributed by atoms with Crippen molar-refractivity contribution in [3.05, 3.63) is 0 Å². The van der Waals surface area contributed by atoms with Crippen molar-refractivity contribution in [1.29, 1.82) is 0 Å². The van der Waals surface area contributed by atoms with Gasteiger partial charge in [-0.1, -0.05) is 12.8 Å². The van der Waals surface area contributed by atoms with E-state index in [0.29, 0.717) is 12.6 Å². The molecular weight excluding hydrogens is 186 g/mol. The Balaban J connectivity index is 1.87. The number of hydrogen-bond donors (Lipinski definition) is 1. The predicted octanol–water partition coefficient (Wildman–Crippen LogP) is 2.27. The fourth-order valence-corrected chi connectivity index (χ4v) is 3.10. The van der Waals surface area contributed by atoms with Gasteiger partial charge < -0.3 is 10.0 Å². The van der Waals surface area contributed by atoms with Gasteiger partial charge in [0.1, 0.15) is 0 Å². The molecule has 0 aromatic carbocycles. The standard InChI is InChI=1S/C13H25NO/c1-11(12-5-6-12)14(2)9-13(10-15)7-3-4-8-13/h11-12,15H,3-10H2,1-2H3. The van der Waals surface area contributed by atoms with Gasteiger partial charge in [-0.05, 0) is 45.6 Å². The van der Waals surface area contributed by atoms with E-state index in [2.05, 4.69) is 18.9 Å². The summed E-state index contributed by atoms with van der Waals surface area (Å²) in [6, 6.07) is 0.717. The minimum atomic E-state index is 0.234. The van der Waals surface area contributed by atoms with Gasteiger partial charge in [0, 0.05) is 24.6 Å². The Morgan fingerprint density at radius 3 is 2.40 bits per heavy atom. The summed E-state index contributed by atoms with van der Waals surface area (Å²) in [5.74, 6) is 0.937. The highest BCUT2D eigenvalue weighted by atomic mass is 16.3. The molecule has 15 heavy (non-hydrogen) atoms. The van der Waals surface area contributed by atoms with E-state index in [9.17, 15) is 5.11 Å². The van der Waals surface area contributed by atoms with Gasteiger partial charge >= 0.3 is 0 Å². The smallest absolute Gasteiger partial charge is 0.0499 e. The van der Waals surface area contributed by atoms with E-state index in [0.717, 1.165) is 12.5 Å². The van der Waals surface area contributed by atoms with Gasteiger partial charge in [0.05, 0.1) is 0 Å². The molecule has 0 aromatic heterocycles. The van der Waals surface area contributed by atoms with Gasteiger partial charge in [-0.25, -0.2) is 0 Å². The van der Waals surface area contributed by atoms with Crippen LogP contribution in [0.25, 0.3) is 0 Å². The van der Waals surface area contributed by atoms with Crippen molar-refractivity contribution >= 4 is 0 Å². The summed E-state index contributed by atoms with van der Waals surface area (Å²) in [4.78, 5) is 2.49. The Morgan fingerprint density at radius 2 is 1.93 bits per heavy atom. The Labute approximate surface area is 93.7 Å². The second-order valence-corrected chi connectivity index (χ2v) is 5.86. The molecule has 0 aliphatic heterocycles. The van der Waals surface area contributed by atoms with Crippen LogP contribution in [0, 0.1) is 11.3 Å². The largest absolute Gasteiger partial charge is 0.396 e. The lowest BCUT2D eigenvalue weighted by Gasteiger charge is -2.35. The van der Waals surface area contributed by atoms with E-state index in [1.807, 2.05) is 0 Å². The summed E-state index contributed by atoms with van der Waals surface area (Å²) in [6.07, 6.45) is 7.91. The zero-order chi connectivity index (χ0) is 10.9. The van der Waals surface area contributed by atoms with Crippen LogP contribution < -0.4 is 0 Å². The summed E-state index contributed by atoms with van der Waals surface area (Å²) in [5, 5.41) is 9.57. The number of aliphatic hydroxyl groups excluding tert-OH is 1. The Morgan fingerprint density at radius 1 is 1.33 bits per heavy atom. The van der Waals surface area contributed by atoms with Crippen LogP contribution in [0.3, 0.4) is 0 Å². The topological polar surface area (TPSA) is 23.5 Å². The maximum absolute atomic E-state index is 9.57. The first-order chi connectivity index (χ1) is 7.17. The van der Waals surface area contributed by atoms with Gasteiger partial charge in [0.2, 0.25) is 0 Å². The van der Waals surface area contributed by atoms with Crippen molar-refractivity contribution in [1.82, 2.24) is 4.90 Å². The lowest BCUT2D eigenvalue weighted by molar-refractivity contribution is 0.0704. The van der Waals surface area contributed by atoms with Crippen LogP contribution in [0.1, 0.15) is 45.4 Å². The van der Waals surface area contributed by atoms with E-state index in [1.54, 1.807) is 0 Å². The summed E-state index contributed by atoms with van der Waals surface area (Å²) in [6.45, 7) is 3.83. The summed E-state index contributed by atoms with van der Waals surface area (Å²) >= 11 is 0. The van der Waals surface area contributed by atoms with Crippen LogP contribution >= 0.6 is 0 Å². The van der Waals surface area contributed by atoms with E-state index in [1.165, 1.54) is 38.5 Å². The lowest BCUT2D eigenvalue weighted by atomic mass is 9.86. The first-order valence-corrected chi connectivity index (χ1v) is 6.48. The number of hydrogen-bond acceptors (Lipinski definition) is 2. The Kier molecular flexibility index (Phi) is 3.36. The van der Waals surface area contributed by atoms with Gasteiger partial charge in [0.15, 0.2) is 0 Å². The molecule has 88 valence electrons. The molecule has 2 heteroatoms. The third-order valence-corrected chi connectivity index (χ3v) is 4.58. The zero-order valence-electron chi connectivity index (χ0n) is 10.2. The summed E-state index contributed by atoms with van der Waals surface area (Å²) < 4.78 is 0. The van der Waals surface area contributed by atoms with Crippen molar-refractivity contribution in [2.45, 2.75) is 51.5 Å². The Hall–Kier alpha value is -0.0800. The molecule has 2 nitrogen and oxygen atoms in total. The molecular formula is C13H25NO. The molecule has 2 aliphatic rings. The van der Waals surface area contributed by atoms with Crippen LogP contribution in [0.2, 0.25) is 0 Å². The third kappa shape index (κ3) is 2.54. The molecule has 1 unspecified atom stereocenters. The molecule has 0 bridgehead atoms. The zero-order valence-corrected chi connectivity index (χ0v) is 10.2. The Bertz CT molecular complexity index is 207. The normalized spacial score (nSPS) is 27.2. The molecule has 2 rings (SSSR count). The second kappa shape index (κ2) is 4.42. The van der Waals surface area contributed by atoms with Gasteiger partial charge in [-0.15, -0.1) is 0 Å². The molecule has 2 fully saturated rings. The van der Waals surface area contributed by atoms with Crippen LogP contribution in [0.5, 0.6) is 0 Å². The van der Waals surface area contributed by atoms with Crippen molar-refractivity contribution in [3.63, 3.8) is 0 Å². The summed E-state index contributed by atoms with van der Waals surface area (Å²) in [5.41, 5.74) is 0.234. The number of rotatable bonds is 5. The molecule has 0 radical (unpaired) electrons. The molecule has 2 saturated carbocycles. The number of aliphatic hydroxyl groups is 1. The van der Waals surface area contributed by atoms with E-state index in [4.69, 9.17) is 0 Å². The highest BCUT2D eigenvalue weighted by Crippen LogP contribution is 2.40. The highest BCUT2D eigenvalue weighted by molar-refractivity contribution is 4.90. The fraction of sp³-hybridized carbons (Fsp3) is 1.00. The maximum atomic E-state index is 9.57. The molecule has 0 amide bonds. The van der Waals surface area contributed by atoms with E-state index < -0.39 is 0 Å². The van der Waals surface area contributed by atoms with Crippen LogP contribution in [0.15, 0.2) is 0 Å². The minimum Gasteiger partial charge on any atom is -0.396 e. The average Bonchev–Trinajstić information content (AvgIpc) is 2.99. The van der Waals surface area contributed by atoms with Gasteiger partial charge in [0.25, 0.3) is 0 Å². The fourth-order valence-electron chi connectivity index (χ4n) is 3.10. The molecule has 0 aromatic rings. The molecule has 0 saturated heterocycles. The summed E-state index contributed by atoms with van der Waals surface area (Å²) in [7, 11) is 2.23. The number of nitrogens with zero attached hydrogens (tertiary/aromatic N) is 1. The van der Waals surface area contributed by atoms with Crippen LogP contribution in [-0.2, 0) is 0 Å². The first-order valence-electron chi connectivity index (χ1n) is 6.48. The molecule has 2 aliphatic carbocycles. The molecule has 0 heterocycles. The second-order valence-electron chi connectivity index (χ2n) is 5.86. The van der Waals surface area contributed by atoms with Gasteiger partial charge in [-0.3, -0.25) is 0 Å². The van der Waals surface area contributed by atoms with E-state index in [-0.39, 0.29) is 5.41 Å². The lowest BCUT2D eigenvalue weighted by Crippen LogP contribution is -2.41. The minimum absolute atomic E-state index is 0.234. The highest BCUT2D eigenvalue weighted by Gasteiger charge is 2.37. The van der Waals surface area contributed by atoms with Crippen molar-refractivity contribution in [2.75, 3.05) is 20.2 Å². The van der Waals surface area contributed by atoms with Crippen LogP contribution in [-0.4, -0.2) is 36.2 Å². The van der Waals surface area contributed by atoms with E-state index >= 15 is 0 Å². The first kappa shape index (κ1) is 11.4. The predicted molar refractivity (Wildman–Crippen MR) is 62.8 cm³/mol. The monoisotopic (exact) mass is 211 g/mol. The quantitative estimate of drug-likeness (QED) is 0.754. The molecule has 1 N–H and O–H groups in total. The SMILES string of the molecule is CC(C1CC1)N(C)CC1(CO)CCCC1. The third-order valence-electron chi connectivity index (χ3n) is 4.58. The average molecular weight is 211 g/mol. The van der Waals surface area contributed by atoms with Gasteiger partial charge in [-0.2, -0.15) is 0 Å². The van der Waals surface area contributed by atoms with Crippen molar-refractivity contribution in [3.8, 4) is 0 Å². The molecule has 1 atom stereocenters. The van der Waals surface area contributed by atoms with Crippen LogP contribution in [0.4, 0.5) is 0 Å².